The topological polar surface area (TPSA) is 67.8 Å². The number of piperazine rings is 1. The van der Waals surface area contributed by atoms with E-state index >= 15 is 0 Å². The molecule has 6 nitrogen and oxygen atoms in total. The van der Waals surface area contributed by atoms with E-state index in [9.17, 15) is 9.90 Å². The highest BCUT2D eigenvalue weighted by atomic mass is 16.3. The zero-order chi connectivity index (χ0) is 16.5. The Labute approximate surface area is 135 Å². The number of rotatable bonds is 8. The summed E-state index contributed by atoms with van der Waals surface area (Å²) in [6.45, 7) is 11.8. The average Bonchev–Trinajstić information content (AvgIpc) is 2.48. The number of hydrogen-bond acceptors (Lipinski definition) is 4. The number of urea groups is 1. The monoisotopic (exact) mass is 314 g/mol. The molecule has 3 N–H and O–H groups in total. The fraction of sp³-hybridized carbons (Fsp3) is 0.938. The standard InChI is InChI=1S/C16H34N4O2/c1-5-14(21)6-7-17-16(22)18-12-15(13(2)3)20-10-8-19(4)9-11-20/h13-15,21H,5-12H2,1-4H3,(H2,17,18,22). The van der Waals surface area contributed by atoms with Crippen molar-refractivity contribution in [2.24, 2.45) is 5.92 Å². The summed E-state index contributed by atoms with van der Waals surface area (Å²) in [6, 6.07) is 0.240. The van der Waals surface area contributed by atoms with E-state index in [4.69, 9.17) is 0 Å². The maximum atomic E-state index is 11.8. The summed E-state index contributed by atoms with van der Waals surface area (Å²) in [5.74, 6) is 0.505. The van der Waals surface area contributed by atoms with Crippen molar-refractivity contribution < 1.29 is 9.90 Å². The van der Waals surface area contributed by atoms with Crippen LogP contribution in [0.15, 0.2) is 0 Å². The van der Waals surface area contributed by atoms with Gasteiger partial charge in [-0.15, -0.1) is 0 Å². The summed E-state index contributed by atoms with van der Waals surface area (Å²) in [7, 11) is 2.15. The summed E-state index contributed by atoms with van der Waals surface area (Å²) in [5.41, 5.74) is 0. The van der Waals surface area contributed by atoms with Gasteiger partial charge in [0.15, 0.2) is 0 Å². The largest absolute Gasteiger partial charge is 0.393 e. The van der Waals surface area contributed by atoms with Gasteiger partial charge < -0.3 is 20.6 Å². The van der Waals surface area contributed by atoms with E-state index in [1.165, 1.54) is 0 Å². The molecule has 0 saturated carbocycles. The van der Waals surface area contributed by atoms with Gasteiger partial charge in [-0.1, -0.05) is 20.8 Å². The summed E-state index contributed by atoms with van der Waals surface area (Å²) >= 11 is 0. The van der Waals surface area contributed by atoms with Crippen LogP contribution in [0.3, 0.4) is 0 Å². The van der Waals surface area contributed by atoms with Crippen LogP contribution in [0.5, 0.6) is 0 Å². The Bertz CT molecular complexity index is 317. The molecule has 0 aromatic carbocycles. The molecule has 6 heteroatoms. The Morgan fingerprint density at radius 1 is 1.18 bits per heavy atom. The number of carbonyl (C=O) groups is 1. The number of nitrogens with zero attached hydrogens (tertiary/aromatic N) is 2. The number of amides is 2. The first kappa shape index (κ1) is 19.2. The molecule has 1 heterocycles. The molecule has 0 radical (unpaired) electrons. The van der Waals surface area contributed by atoms with Gasteiger partial charge in [0.25, 0.3) is 0 Å². The van der Waals surface area contributed by atoms with Crippen molar-refractivity contribution in [3.05, 3.63) is 0 Å². The first-order valence-electron chi connectivity index (χ1n) is 8.56. The summed E-state index contributed by atoms with van der Waals surface area (Å²) in [5, 5.41) is 15.3. The molecule has 0 bridgehead atoms. The molecule has 1 fully saturated rings. The van der Waals surface area contributed by atoms with E-state index < -0.39 is 0 Å². The fourth-order valence-electron chi connectivity index (χ4n) is 2.76. The van der Waals surface area contributed by atoms with Crippen molar-refractivity contribution in [2.45, 2.75) is 45.8 Å². The lowest BCUT2D eigenvalue weighted by atomic mass is 10.0. The minimum Gasteiger partial charge on any atom is -0.393 e. The smallest absolute Gasteiger partial charge is 0.314 e. The van der Waals surface area contributed by atoms with E-state index in [0.29, 0.717) is 31.5 Å². The number of aliphatic hydroxyl groups excluding tert-OH is 1. The first-order valence-corrected chi connectivity index (χ1v) is 8.56. The first-order chi connectivity index (χ1) is 10.4. The van der Waals surface area contributed by atoms with Crippen LogP contribution in [0.4, 0.5) is 4.79 Å². The van der Waals surface area contributed by atoms with E-state index in [0.717, 1.165) is 32.6 Å². The SMILES string of the molecule is CCC(O)CCNC(=O)NCC(C(C)C)N1CCN(C)CC1. The lowest BCUT2D eigenvalue weighted by molar-refractivity contribution is 0.0887. The number of likely N-dealkylation sites (N-methyl/N-ethyl adjacent to an activating group) is 1. The van der Waals surface area contributed by atoms with Crippen LogP contribution in [0, 0.1) is 5.92 Å². The summed E-state index contributed by atoms with van der Waals surface area (Å²) < 4.78 is 0. The third kappa shape index (κ3) is 6.94. The van der Waals surface area contributed by atoms with Crippen LogP contribution in [-0.4, -0.2) is 79.4 Å². The molecule has 1 aliphatic heterocycles. The molecular weight excluding hydrogens is 280 g/mol. The van der Waals surface area contributed by atoms with Gasteiger partial charge in [0.05, 0.1) is 6.10 Å². The number of aliphatic hydroxyl groups is 1. The van der Waals surface area contributed by atoms with Crippen LogP contribution in [0.25, 0.3) is 0 Å². The van der Waals surface area contributed by atoms with Gasteiger partial charge in [0.2, 0.25) is 0 Å². The minimum atomic E-state index is -0.325. The Kier molecular flexibility index (Phi) is 8.75. The Morgan fingerprint density at radius 3 is 2.36 bits per heavy atom. The van der Waals surface area contributed by atoms with Gasteiger partial charge in [-0.3, -0.25) is 4.90 Å². The van der Waals surface area contributed by atoms with E-state index in [1.54, 1.807) is 0 Å². The normalized spacial score (nSPS) is 19.9. The number of carbonyl (C=O) groups excluding carboxylic acids is 1. The maximum Gasteiger partial charge on any atom is 0.314 e. The quantitative estimate of drug-likeness (QED) is 0.617. The molecular formula is C16H34N4O2. The van der Waals surface area contributed by atoms with Gasteiger partial charge >= 0.3 is 6.03 Å². The predicted molar refractivity (Wildman–Crippen MR) is 90.0 cm³/mol. The van der Waals surface area contributed by atoms with Gasteiger partial charge in [0, 0.05) is 45.3 Å². The Hall–Kier alpha value is -0.850. The second-order valence-electron chi connectivity index (χ2n) is 6.64. The fourth-order valence-corrected chi connectivity index (χ4v) is 2.76. The van der Waals surface area contributed by atoms with Crippen molar-refractivity contribution >= 4 is 6.03 Å². The Morgan fingerprint density at radius 2 is 1.82 bits per heavy atom. The van der Waals surface area contributed by atoms with Crippen molar-refractivity contribution in [2.75, 3.05) is 46.3 Å². The highest BCUT2D eigenvalue weighted by Crippen LogP contribution is 2.12. The molecule has 2 unspecified atom stereocenters. The summed E-state index contributed by atoms with van der Waals surface area (Å²) in [6.07, 6.45) is 1.01. The molecule has 0 aromatic rings. The van der Waals surface area contributed by atoms with E-state index in [1.807, 2.05) is 6.92 Å². The van der Waals surface area contributed by atoms with Crippen molar-refractivity contribution in [3.63, 3.8) is 0 Å². The third-order valence-corrected chi connectivity index (χ3v) is 4.48. The molecule has 2 amide bonds. The zero-order valence-electron chi connectivity index (χ0n) is 14.6. The molecule has 0 spiro atoms. The third-order valence-electron chi connectivity index (χ3n) is 4.48. The molecule has 0 aliphatic carbocycles. The lowest BCUT2D eigenvalue weighted by Crippen LogP contribution is -2.55. The van der Waals surface area contributed by atoms with Gasteiger partial charge in [-0.05, 0) is 25.8 Å². The van der Waals surface area contributed by atoms with E-state index in [2.05, 4.69) is 41.3 Å². The molecule has 22 heavy (non-hydrogen) atoms. The van der Waals surface area contributed by atoms with Gasteiger partial charge in [0.1, 0.15) is 0 Å². The van der Waals surface area contributed by atoms with Crippen molar-refractivity contribution in [1.29, 1.82) is 0 Å². The zero-order valence-corrected chi connectivity index (χ0v) is 14.6. The molecule has 1 aliphatic rings. The number of hydrogen-bond donors (Lipinski definition) is 3. The predicted octanol–water partition coefficient (Wildman–Crippen LogP) is 0.719. The second kappa shape index (κ2) is 10.0. The number of nitrogens with one attached hydrogen (secondary N) is 2. The average molecular weight is 314 g/mol. The molecule has 1 saturated heterocycles. The minimum absolute atomic E-state index is 0.136. The summed E-state index contributed by atoms with van der Waals surface area (Å²) in [4.78, 5) is 16.7. The molecule has 0 aromatic heterocycles. The van der Waals surface area contributed by atoms with Gasteiger partial charge in [-0.25, -0.2) is 4.79 Å². The van der Waals surface area contributed by atoms with Crippen molar-refractivity contribution in [3.8, 4) is 0 Å². The maximum absolute atomic E-state index is 11.8. The molecule has 1 rings (SSSR count). The van der Waals surface area contributed by atoms with Crippen LogP contribution < -0.4 is 10.6 Å². The highest BCUT2D eigenvalue weighted by molar-refractivity contribution is 5.73. The lowest BCUT2D eigenvalue weighted by Gasteiger charge is -2.39. The van der Waals surface area contributed by atoms with Crippen molar-refractivity contribution in [1.82, 2.24) is 20.4 Å². The second-order valence-corrected chi connectivity index (χ2v) is 6.64. The van der Waals surface area contributed by atoms with Crippen LogP contribution in [-0.2, 0) is 0 Å². The molecule has 2 atom stereocenters. The highest BCUT2D eigenvalue weighted by Gasteiger charge is 2.25. The Balaban J connectivity index is 2.30. The van der Waals surface area contributed by atoms with Crippen LogP contribution >= 0.6 is 0 Å². The van der Waals surface area contributed by atoms with Crippen LogP contribution in [0.2, 0.25) is 0 Å². The molecule has 130 valence electrons. The van der Waals surface area contributed by atoms with E-state index in [-0.39, 0.29) is 12.1 Å². The van der Waals surface area contributed by atoms with Gasteiger partial charge in [-0.2, -0.15) is 0 Å². The van der Waals surface area contributed by atoms with Crippen LogP contribution in [0.1, 0.15) is 33.6 Å².